The molecule has 0 bridgehead atoms. The molecule has 0 radical (unpaired) electrons. The van der Waals surface area contributed by atoms with E-state index in [1.165, 1.54) is 7.68 Å². The quantitative estimate of drug-likeness (QED) is 0.526. The summed E-state index contributed by atoms with van der Waals surface area (Å²) in [6.45, 7) is 3.24. The Balaban J connectivity index is 2.19. The molecule has 1 amide bonds. The predicted molar refractivity (Wildman–Crippen MR) is 107 cm³/mol. The zero-order valence-corrected chi connectivity index (χ0v) is 17.3. The van der Waals surface area contributed by atoms with E-state index in [4.69, 9.17) is 11.6 Å². The molecule has 0 N–H and O–H groups in total. The lowest BCUT2D eigenvalue weighted by molar-refractivity contribution is -0.120. The van der Waals surface area contributed by atoms with Gasteiger partial charge in [0, 0.05) is 32.2 Å². The third-order valence-electron chi connectivity index (χ3n) is 5.14. The molecule has 1 fully saturated rings. The molecule has 1 atom stereocenters. The van der Waals surface area contributed by atoms with Gasteiger partial charge in [0.1, 0.15) is 11.9 Å². The Kier molecular flexibility index (Phi) is 4.16. The van der Waals surface area contributed by atoms with Crippen molar-refractivity contribution >= 4 is 62.8 Å². The van der Waals surface area contributed by atoms with E-state index in [0.717, 1.165) is 0 Å². The standard InChI is InChI=1S/C16H16ClFIN5O2/c1-7-10(17)12-9-13(11(7)18)22(3)15(25)8-6-21(2)4-5-23(8)14(9)20-16(26)24(12)19/h8H,4-6H2,1-3H3. The monoisotopic (exact) mass is 491 g/mol. The molecular formula is C16H16ClFIN5O2. The lowest BCUT2D eigenvalue weighted by atomic mass is 10.1. The normalized spacial score (nSPS) is 20.5. The van der Waals surface area contributed by atoms with Crippen LogP contribution in [-0.2, 0) is 4.79 Å². The van der Waals surface area contributed by atoms with Crippen molar-refractivity contribution in [3.05, 3.63) is 26.9 Å². The van der Waals surface area contributed by atoms with Crippen LogP contribution in [0.15, 0.2) is 4.79 Å². The molecule has 2 aliphatic rings. The van der Waals surface area contributed by atoms with Gasteiger partial charge in [0.05, 0.1) is 44.5 Å². The van der Waals surface area contributed by atoms with E-state index < -0.39 is 17.5 Å². The van der Waals surface area contributed by atoms with E-state index in [9.17, 15) is 9.59 Å². The van der Waals surface area contributed by atoms with Gasteiger partial charge in [-0.3, -0.25) is 4.79 Å². The van der Waals surface area contributed by atoms with Gasteiger partial charge in [-0.05, 0) is 14.0 Å². The number of carbonyl (C=O) groups excluding carboxylic acids is 1. The highest BCUT2D eigenvalue weighted by atomic mass is 127. The molecule has 3 heterocycles. The Hall–Kier alpha value is -1.46. The zero-order chi connectivity index (χ0) is 18.9. The molecule has 1 aromatic heterocycles. The van der Waals surface area contributed by atoms with Crippen LogP contribution in [0.4, 0.5) is 15.9 Å². The first-order valence-electron chi connectivity index (χ1n) is 8.07. The number of hydrogen-bond donors (Lipinski definition) is 0. The Morgan fingerprint density at radius 3 is 2.65 bits per heavy atom. The van der Waals surface area contributed by atoms with Gasteiger partial charge in [-0.2, -0.15) is 4.98 Å². The summed E-state index contributed by atoms with van der Waals surface area (Å²) in [4.78, 5) is 34.9. The van der Waals surface area contributed by atoms with E-state index >= 15 is 4.39 Å². The van der Waals surface area contributed by atoms with Crippen molar-refractivity contribution in [2.24, 2.45) is 0 Å². The molecule has 0 saturated carbocycles. The van der Waals surface area contributed by atoms with Crippen LogP contribution in [0, 0.1) is 12.7 Å². The van der Waals surface area contributed by atoms with Crippen molar-refractivity contribution in [3.63, 3.8) is 0 Å². The van der Waals surface area contributed by atoms with Gasteiger partial charge >= 0.3 is 5.69 Å². The van der Waals surface area contributed by atoms with Crippen molar-refractivity contribution in [1.29, 1.82) is 0 Å². The topological polar surface area (TPSA) is 61.7 Å². The van der Waals surface area contributed by atoms with Gasteiger partial charge < -0.3 is 14.7 Å². The summed E-state index contributed by atoms with van der Waals surface area (Å²) in [6, 6.07) is -0.537. The second kappa shape index (κ2) is 6.03. The van der Waals surface area contributed by atoms with Crippen LogP contribution in [0.3, 0.4) is 0 Å². The van der Waals surface area contributed by atoms with Crippen molar-refractivity contribution in [2.45, 2.75) is 13.0 Å². The van der Waals surface area contributed by atoms with Gasteiger partial charge in [-0.1, -0.05) is 11.6 Å². The summed E-state index contributed by atoms with van der Waals surface area (Å²) >= 11 is 8.22. The lowest BCUT2D eigenvalue weighted by Crippen LogP contribution is -2.58. The van der Waals surface area contributed by atoms with Crippen LogP contribution in [0.2, 0.25) is 5.02 Å². The Morgan fingerprint density at radius 2 is 1.96 bits per heavy atom. The summed E-state index contributed by atoms with van der Waals surface area (Å²) in [7, 11) is 3.48. The first-order valence-corrected chi connectivity index (χ1v) is 9.41. The van der Waals surface area contributed by atoms with E-state index in [-0.39, 0.29) is 22.2 Å². The molecule has 2 aromatic rings. The van der Waals surface area contributed by atoms with E-state index in [0.29, 0.717) is 36.4 Å². The summed E-state index contributed by atoms with van der Waals surface area (Å²) in [5, 5.41) is 0.555. The average Bonchev–Trinajstić information content (AvgIpc) is 2.69. The minimum Gasteiger partial charge on any atom is -0.341 e. The Bertz CT molecular complexity index is 1030. The number of nitrogens with zero attached hydrogens (tertiary/aromatic N) is 5. The summed E-state index contributed by atoms with van der Waals surface area (Å²) in [5.41, 5.74) is 0.210. The number of carbonyl (C=O) groups is 1. The first kappa shape index (κ1) is 17.9. The third kappa shape index (κ3) is 2.29. The number of hydrogen-bond acceptors (Lipinski definition) is 5. The fraction of sp³-hybridized carbons (Fsp3) is 0.438. The summed E-state index contributed by atoms with van der Waals surface area (Å²) < 4.78 is 16.5. The smallest absolute Gasteiger partial charge is 0.341 e. The highest BCUT2D eigenvalue weighted by molar-refractivity contribution is 14.1. The van der Waals surface area contributed by atoms with Crippen LogP contribution >= 0.6 is 34.5 Å². The minimum absolute atomic E-state index is 0.122. The Labute approximate surface area is 167 Å². The molecule has 2 aliphatic heterocycles. The highest BCUT2D eigenvalue weighted by Crippen LogP contribution is 2.44. The maximum Gasteiger partial charge on any atom is 0.359 e. The molecule has 1 aromatic carbocycles. The van der Waals surface area contributed by atoms with Crippen molar-refractivity contribution in [1.82, 2.24) is 12.7 Å². The van der Waals surface area contributed by atoms with Crippen LogP contribution in [0.5, 0.6) is 0 Å². The maximum absolute atomic E-state index is 15.2. The Morgan fingerprint density at radius 1 is 1.27 bits per heavy atom. The van der Waals surface area contributed by atoms with Crippen molar-refractivity contribution in [2.75, 3.05) is 43.5 Å². The fourth-order valence-corrected chi connectivity index (χ4v) is 4.70. The minimum atomic E-state index is -0.565. The molecular weight excluding hydrogens is 476 g/mol. The maximum atomic E-state index is 15.2. The molecule has 0 aliphatic carbocycles. The highest BCUT2D eigenvalue weighted by Gasteiger charge is 2.41. The second-order valence-electron chi connectivity index (χ2n) is 6.69. The molecule has 1 saturated heterocycles. The SMILES string of the molecule is Cc1c(F)c2c3c(nc(=O)n(I)c3c1Cl)N1CCN(C)CC1C(=O)N2C. The average molecular weight is 492 g/mol. The first-order chi connectivity index (χ1) is 12.2. The van der Waals surface area contributed by atoms with E-state index in [1.807, 2.05) is 34.8 Å². The van der Waals surface area contributed by atoms with Gasteiger partial charge in [0.2, 0.25) is 0 Å². The van der Waals surface area contributed by atoms with Gasteiger partial charge in [0.15, 0.2) is 5.82 Å². The number of piperazine rings is 1. The van der Waals surface area contributed by atoms with Gasteiger partial charge in [-0.15, -0.1) is 0 Å². The summed E-state index contributed by atoms with van der Waals surface area (Å²) in [6.07, 6.45) is 0. The van der Waals surface area contributed by atoms with Crippen LogP contribution in [-0.4, -0.2) is 58.3 Å². The number of halogens is 3. The molecule has 10 heteroatoms. The van der Waals surface area contributed by atoms with E-state index in [1.54, 1.807) is 18.9 Å². The third-order valence-corrected chi connectivity index (χ3v) is 6.50. The number of rotatable bonds is 0. The fourth-order valence-electron chi connectivity index (χ4n) is 3.71. The lowest BCUT2D eigenvalue weighted by Gasteiger charge is -2.39. The van der Waals surface area contributed by atoms with Gasteiger partial charge in [-0.25, -0.2) is 12.0 Å². The number of likely N-dealkylation sites (N-methyl/N-ethyl adjacent to an activating group) is 2. The summed E-state index contributed by atoms with van der Waals surface area (Å²) in [5.74, 6) is -0.474. The van der Waals surface area contributed by atoms with Crippen molar-refractivity contribution < 1.29 is 9.18 Å². The molecule has 4 rings (SSSR count). The largest absolute Gasteiger partial charge is 0.359 e. The van der Waals surface area contributed by atoms with Crippen LogP contribution in [0.1, 0.15) is 5.56 Å². The molecule has 1 unspecified atom stereocenters. The molecule has 0 spiro atoms. The number of fused-ring (bicyclic) bond motifs is 2. The molecule has 26 heavy (non-hydrogen) atoms. The number of benzene rings is 1. The predicted octanol–water partition coefficient (Wildman–Crippen LogP) is 1.79. The van der Waals surface area contributed by atoms with Crippen molar-refractivity contribution in [3.8, 4) is 0 Å². The number of anilines is 2. The number of amides is 1. The number of aromatic nitrogens is 2. The van der Waals surface area contributed by atoms with Crippen LogP contribution in [0.25, 0.3) is 10.9 Å². The molecule has 138 valence electrons. The van der Waals surface area contributed by atoms with Crippen LogP contribution < -0.4 is 15.5 Å². The van der Waals surface area contributed by atoms with Gasteiger partial charge in [0.25, 0.3) is 5.91 Å². The zero-order valence-electron chi connectivity index (χ0n) is 14.4. The molecule has 7 nitrogen and oxygen atoms in total. The second-order valence-corrected chi connectivity index (χ2v) is 8.04. The van der Waals surface area contributed by atoms with E-state index in [2.05, 4.69) is 4.98 Å².